The SMILES string of the molecule is C[C@@H](Oc1ccc(Cl)cc1)C(=O)NN=C/C=C\c1ccccc1. The number of amides is 1. The number of hydrogen-bond acceptors (Lipinski definition) is 3. The number of hydrazone groups is 1. The van der Waals surface area contributed by atoms with Crippen LogP contribution in [0.5, 0.6) is 5.75 Å². The Bertz CT molecular complexity index is 682. The molecule has 1 N–H and O–H groups in total. The van der Waals surface area contributed by atoms with Crippen molar-refractivity contribution in [3.63, 3.8) is 0 Å². The highest BCUT2D eigenvalue weighted by atomic mass is 35.5. The Morgan fingerprint density at radius 1 is 1.17 bits per heavy atom. The lowest BCUT2D eigenvalue weighted by molar-refractivity contribution is -0.127. The molecule has 23 heavy (non-hydrogen) atoms. The van der Waals surface area contributed by atoms with E-state index < -0.39 is 6.10 Å². The summed E-state index contributed by atoms with van der Waals surface area (Å²) in [5.41, 5.74) is 3.49. The molecule has 1 amide bonds. The first-order valence-electron chi connectivity index (χ1n) is 7.12. The molecule has 0 aliphatic carbocycles. The molecule has 0 aliphatic heterocycles. The topological polar surface area (TPSA) is 50.7 Å². The number of allylic oxidation sites excluding steroid dienone is 1. The Balaban J connectivity index is 1.78. The van der Waals surface area contributed by atoms with Crippen molar-refractivity contribution in [3.8, 4) is 5.75 Å². The summed E-state index contributed by atoms with van der Waals surface area (Å²) >= 11 is 5.79. The summed E-state index contributed by atoms with van der Waals surface area (Å²) in [5, 5.41) is 4.47. The van der Waals surface area contributed by atoms with Crippen LogP contribution in [-0.2, 0) is 4.79 Å². The monoisotopic (exact) mass is 328 g/mol. The Morgan fingerprint density at radius 3 is 2.57 bits per heavy atom. The summed E-state index contributed by atoms with van der Waals surface area (Å²) in [4.78, 5) is 11.8. The third-order valence-electron chi connectivity index (χ3n) is 2.92. The first kappa shape index (κ1) is 16.8. The van der Waals surface area contributed by atoms with Gasteiger partial charge in [0.1, 0.15) is 5.75 Å². The third kappa shape index (κ3) is 5.96. The van der Waals surface area contributed by atoms with Crippen LogP contribution in [0.3, 0.4) is 0 Å². The summed E-state index contributed by atoms with van der Waals surface area (Å²) in [7, 11) is 0. The largest absolute Gasteiger partial charge is 0.481 e. The summed E-state index contributed by atoms with van der Waals surface area (Å²) in [6, 6.07) is 16.6. The van der Waals surface area contributed by atoms with Crippen molar-refractivity contribution in [2.75, 3.05) is 0 Å². The van der Waals surface area contributed by atoms with E-state index in [-0.39, 0.29) is 5.91 Å². The summed E-state index contributed by atoms with van der Waals surface area (Å²) in [6.45, 7) is 1.65. The average Bonchev–Trinajstić information content (AvgIpc) is 2.57. The van der Waals surface area contributed by atoms with E-state index in [2.05, 4.69) is 10.5 Å². The second kappa shape index (κ2) is 8.76. The van der Waals surface area contributed by atoms with Crippen LogP contribution < -0.4 is 10.2 Å². The van der Waals surface area contributed by atoms with E-state index in [4.69, 9.17) is 16.3 Å². The van der Waals surface area contributed by atoms with Crippen molar-refractivity contribution in [1.82, 2.24) is 5.43 Å². The van der Waals surface area contributed by atoms with Gasteiger partial charge in [-0.2, -0.15) is 5.10 Å². The molecule has 2 aromatic carbocycles. The van der Waals surface area contributed by atoms with Crippen molar-refractivity contribution < 1.29 is 9.53 Å². The van der Waals surface area contributed by atoms with Crippen LogP contribution in [0.2, 0.25) is 5.02 Å². The minimum Gasteiger partial charge on any atom is -0.481 e. The zero-order valence-electron chi connectivity index (χ0n) is 12.6. The van der Waals surface area contributed by atoms with E-state index >= 15 is 0 Å². The first-order valence-corrected chi connectivity index (χ1v) is 7.50. The van der Waals surface area contributed by atoms with E-state index in [9.17, 15) is 4.79 Å². The molecule has 0 radical (unpaired) electrons. The number of hydrogen-bond donors (Lipinski definition) is 1. The van der Waals surface area contributed by atoms with Crippen LogP contribution in [0.25, 0.3) is 6.08 Å². The summed E-state index contributed by atoms with van der Waals surface area (Å²) < 4.78 is 5.49. The Morgan fingerprint density at radius 2 is 1.87 bits per heavy atom. The van der Waals surface area contributed by atoms with Gasteiger partial charge in [0.15, 0.2) is 6.10 Å². The molecular weight excluding hydrogens is 312 g/mol. The van der Waals surface area contributed by atoms with Gasteiger partial charge in [0, 0.05) is 11.2 Å². The fourth-order valence-electron chi connectivity index (χ4n) is 1.72. The molecule has 5 heteroatoms. The fourth-order valence-corrected chi connectivity index (χ4v) is 1.85. The van der Waals surface area contributed by atoms with Crippen LogP contribution in [0, 0.1) is 0 Å². The highest BCUT2D eigenvalue weighted by molar-refractivity contribution is 6.30. The van der Waals surface area contributed by atoms with Gasteiger partial charge in [-0.05, 0) is 42.8 Å². The second-order valence-electron chi connectivity index (χ2n) is 4.74. The molecular formula is C18H17ClN2O2. The number of nitrogens with one attached hydrogen (secondary N) is 1. The van der Waals surface area contributed by atoms with E-state index in [0.29, 0.717) is 10.8 Å². The lowest BCUT2D eigenvalue weighted by Gasteiger charge is -2.12. The average molecular weight is 329 g/mol. The fraction of sp³-hybridized carbons (Fsp3) is 0.111. The standard InChI is InChI=1S/C18H17ClN2O2/c1-14(23-17-11-9-16(19)10-12-17)18(22)21-20-13-5-8-15-6-3-2-4-7-15/h2-14H,1H3,(H,21,22)/b8-5-,20-13?/t14-/m1/s1. The minimum absolute atomic E-state index is 0.329. The molecule has 2 rings (SSSR count). The van der Waals surface area contributed by atoms with Gasteiger partial charge in [0.05, 0.1) is 0 Å². The lowest BCUT2D eigenvalue weighted by atomic mass is 10.2. The molecule has 1 atom stereocenters. The van der Waals surface area contributed by atoms with Gasteiger partial charge in [-0.1, -0.05) is 48.0 Å². The third-order valence-corrected chi connectivity index (χ3v) is 3.17. The van der Waals surface area contributed by atoms with Crippen LogP contribution in [0.15, 0.2) is 65.8 Å². The van der Waals surface area contributed by atoms with Crippen LogP contribution in [0.4, 0.5) is 0 Å². The molecule has 0 aromatic heterocycles. The van der Waals surface area contributed by atoms with E-state index in [0.717, 1.165) is 5.56 Å². The number of carbonyl (C=O) groups is 1. The number of benzene rings is 2. The highest BCUT2D eigenvalue weighted by Crippen LogP contribution is 2.16. The number of carbonyl (C=O) groups excluding carboxylic acids is 1. The minimum atomic E-state index is -0.661. The molecule has 4 nitrogen and oxygen atoms in total. The lowest BCUT2D eigenvalue weighted by Crippen LogP contribution is -2.33. The molecule has 118 valence electrons. The van der Waals surface area contributed by atoms with Crippen molar-refractivity contribution in [1.29, 1.82) is 0 Å². The quantitative estimate of drug-likeness (QED) is 0.645. The number of ether oxygens (including phenoxy) is 1. The van der Waals surface area contributed by atoms with Crippen molar-refractivity contribution in [2.45, 2.75) is 13.0 Å². The molecule has 0 saturated carbocycles. The molecule has 0 unspecified atom stereocenters. The van der Waals surface area contributed by atoms with Gasteiger partial charge in [-0.25, -0.2) is 5.43 Å². The van der Waals surface area contributed by atoms with Gasteiger partial charge >= 0.3 is 0 Å². The van der Waals surface area contributed by atoms with Gasteiger partial charge in [-0.3, -0.25) is 4.79 Å². The van der Waals surface area contributed by atoms with Crippen molar-refractivity contribution >= 4 is 29.8 Å². The maximum absolute atomic E-state index is 11.8. The van der Waals surface area contributed by atoms with Gasteiger partial charge in [-0.15, -0.1) is 0 Å². The maximum Gasteiger partial charge on any atom is 0.280 e. The zero-order valence-corrected chi connectivity index (χ0v) is 13.4. The van der Waals surface area contributed by atoms with Gasteiger partial charge in [0.2, 0.25) is 0 Å². The summed E-state index contributed by atoms with van der Waals surface area (Å²) in [6.07, 6.45) is 4.50. The van der Waals surface area contributed by atoms with Gasteiger partial charge in [0.25, 0.3) is 5.91 Å². The molecule has 0 fully saturated rings. The summed E-state index contributed by atoms with van der Waals surface area (Å²) in [5.74, 6) is 0.245. The Kier molecular flexibility index (Phi) is 6.39. The second-order valence-corrected chi connectivity index (χ2v) is 5.17. The molecule has 2 aromatic rings. The van der Waals surface area contributed by atoms with Crippen molar-refractivity contribution in [2.24, 2.45) is 5.10 Å². The molecule has 0 aliphatic rings. The van der Waals surface area contributed by atoms with E-state index in [1.165, 1.54) is 6.21 Å². The highest BCUT2D eigenvalue weighted by Gasteiger charge is 2.13. The van der Waals surface area contributed by atoms with Crippen LogP contribution in [0.1, 0.15) is 12.5 Å². The van der Waals surface area contributed by atoms with Crippen LogP contribution in [-0.4, -0.2) is 18.2 Å². The van der Waals surface area contributed by atoms with Crippen LogP contribution >= 0.6 is 11.6 Å². The number of nitrogens with zero attached hydrogens (tertiary/aromatic N) is 1. The predicted molar refractivity (Wildman–Crippen MR) is 93.7 cm³/mol. The molecule has 0 bridgehead atoms. The molecule has 0 spiro atoms. The zero-order chi connectivity index (χ0) is 16.5. The Labute approximate surface area is 140 Å². The van der Waals surface area contributed by atoms with Gasteiger partial charge < -0.3 is 4.74 Å². The first-order chi connectivity index (χ1) is 11.1. The predicted octanol–water partition coefficient (Wildman–Crippen LogP) is 3.92. The molecule has 0 heterocycles. The molecule has 0 saturated heterocycles. The Hall–Kier alpha value is -2.59. The normalized spacial score (nSPS) is 12.4. The van der Waals surface area contributed by atoms with Crippen molar-refractivity contribution in [3.05, 3.63) is 71.3 Å². The number of rotatable bonds is 6. The maximum atomic E-state index is 11.8. The number of halogens is 1. The van der Waals surface area contributed by atoms with E-state index in [1.807, 2.05) is 36.4 Å². The smallest absolute Gasteiger partial charge is 0.280 e. The van der Waals surface area contributed by atoms with E-state index in [1.54, 1.807) is 37.3 Å².